The summed E-state index contributed by atoms with van der Waals surface area (Å²) in [7, 11) is 0. The first-order valence-electron chi connectivity index (χ1n) is 7.48. The van der Waals surface area contributed by atoms with Gasteiger partial charge in [-0.1, -0.05) is 36.4 Å². The molecule has 0 atom stereocenters. The average Bonchev–Trinajstić information content (AvgIpc) is 3.23. The molecule has 2 N–H and O–H groups in total. The molecule has 118 valence electrons. The molecule has 4 rings (SSSR count). The average molecular weight is 350 g/mol. The number of nitrogens with zero attached hydrogens (tertiary/aromatic N) is 1. The van der Waals surface area contributed by atoms with Crippen LogP contribution in [-0.4, -0.2) is 10.8 Å². The maximum Gasteiger partial charge on any atom is 0.205 e. The predicted octanol–water partition coefficient (Wildman–Crippen LogP) is 5.15. The van der Waals surface area contributed by atoms with Crippen molar-refractivity contribution in [2.45, 2.75) is 6.92 Å². The quantitative estimate of drug-likeness (QED) is 0.520. The summed E-state index contributed by atoms with van der Waals surface area (Å²) in [5.41, 5.74) is 9.53. The van der Waals surface area contributed by atoms with Crippen molar-refractivity contribution in [3.8, 4) is 10.4 Å². The van der Waals surface area contributed by atoms with Crippen LogP contribution in [0.1, 0.15) is 20.9 Å². The Labute approximate surface area is 147 Å². The lowest BCUT2D eigenvalue weighted by atomic mass is 10.1. The summed E-state index contributed by atoms with van der Waals surface area (Å²) in [6.45, 7) is 1.96. The molecular weight excluding hydrogens is 336 g/mol. The van der Waals surface area contributed by atoms with E-state index in [1.165, 1.54) is 11.3 Å². The van der Waals surface area contributed by atoms with E-state index in [2.05, 4.69) is 11.1 Å². The molecule has 0 aliphatic heterocycles. The first-order chi connectivity index (χ1) is 11.6. The monoisotopic (exact) mass is 350 g/mol. The summed E-state index contributed by atoms with van der Waals surface area (Å²) in [4.78, 5) is 19.9. The standard InChI is InChI=1S/C19H14N2OS2/c1-11-10-13(14-8-5-9-23-14)15-16(20)18(24-19(15)21-11)17(22)12-6-3-2-4-7-12/h2-10H,20H2,1H3. The highest BCUT2D eigenvalue weighted by Gasteiger charge is 2.21. The number of aryl methyl sites for hydroxylation is 1. The number of carbonyl (C=O) groups excluding carboxylic acids is 1. The Balaban J connectivity index is 1.96. The maximum absolute atomic E-state index is 12.8. The van der Waals surface area contributed by atoms with Gasteiger partial charge in [0.05, 0.1) is 5.69 Å². The van der Waals surface area contributed by atoms with Gasteiger partial charge < -0.3 is 5.73 Å². The van der Waals surface area contributed by atoms with Gasteiger partial charge in [0.1, 0.15) is 9.71 Å². The lowest BCUT2D eigenvalue weighted by Crippen LogP contribution is -2.01. The second-order valence-corrected chi connectivity index (χ2v) is 7.46. The zero-order valence-corrected chi connectivity index (χ0v) is 14.6. The Morgan fingerprint density at radius 3 is 2.62 bits per heavy atom. The highest BCUT2D eigenvalue weighted by Crippen LogP contribution is 2.41. The van der Waals surface area contributed by atoms with Crippen LogP contribution in [0, 0.1) is 6.92 Å². The largest absolute Gasteiger partial charge is 0.397 e. The fourth-order valence-electron chi connectivity index (χ4n) is 2.76. The summed E-state index contributed by atoms with van der Waals surface area (Å²) in [6.07, 6.45) is 0. The van der Waals surface area contributed by atoms with E-state index in [1.807, 2.05) is 54.8 Å². The van der Waals surface area contributed by atoms with Crippen LogP contribution >= 0.6 is 22.7 Å². The summed E-state index contributed by atoms with van der Waals surface area (Å²) in [5.74, 6) is -0.0501. The third kappa shape index (κ3) is 2.42. The molecule has 0 saturated carbocycles. The van der Waals surface area contributed by atoms with Crippen LogP contribution in [-0.2, 0) is 0 Å². The number of nitrogen functional groups attached to an aromatic ring is 1. The van der Waals surface area contributed by atoms with Crippen LogP contribution in [0.3, 0.4) is 0 Å². The number of hydrogen-bond donors (Lipinski definition) is 1. The normalized spacial score (nSPS) is 11.0. The molecule has 24 heavy (non-hydrogen) atoms. The molecule has 4 aromatic rings. The highest BCUT2D eigenvalue weighted by molar-refractivity contribution is 7.21. The third-order valence-electron chi connectivity index (χ3n) is 3.86. The Morgan fingerprint density at radius 1 is 1.12 bits per heavy atom. The van der Waals surface area contributed by atoms with E-state index >= 15 is 0 Å². The molecule has 1 aromatic carbocycles. The van der Waals surface area contributed by atoms with Gasteiger partial charge in [0.2, 0.25) is 5.78 Å². The van der Waals surface area contributed by atoms with Gasteiger partial charge >= 0.3 is 0 Å². The van der Waals surface area contributed by atoms with Gasteiger partial charge in [-0.15, -0.1) is 22.7 Å². The molecule has 0 amide bonds. The first-order valence-corrected chi connectivity index (χ1v) is 9.18. The van der Waals surface area contributed by atoms with E-state index in [0.717, 1.165) is 26.4 Å². The minimum absolute atomic E-state index is 0.0501. The Hall–Kier alpha value is -2.50. The van der Waals surface area contributed by atoms with E-state index < -0.39 is 0 Å². The van der Waals surface area contributed by atoms with Crippen LogP contribution < -0.4 is 5.73 Å². The first kappa shape index (κ1) is 15.1. The molecule has 0 fully saturated rings. The summed E-state index contributed by atoms with van der Waals surface area (Å²) < 4.78 is 0. The summed E-state index contributed by atoms with van der Waals surface area (Å²) in [5, 5.41) is 2.92. The minimum atomic E-state index is -0.0501. The van der Waals surface area contributed by atoms with Gasteiger partial charge in [0.15, 0.2) is 0 Å². The number of rotatable bonds is 3. The van der Waals surface area contributed by atoms with Crippen LogP contribution in [0.2, 0.25) is 0 Å². The van der Waals surface area contributed by atoms with Gasteiger partial charge in [-0.2, -0.15) is 0 Å². The molecule has 5 heteroatoms. The number of fused-ring (bicyclic) bond motifs is 1. The van der Waals surface area contributed by atoms with Gasteiger partial charge in [-0.05, 0) is 24.4 Å². The lowest BCUT2D eigenvalue weighted by Gasteiger charge is -2.04. The van der Waals surface area contributed by atoms with E-state index in [0.29, 0.717) is 16.1 Å². The summed E-state index contributed by atoms with van der Waals surface area (Å²) in [6, 6.07) is 15.3. The Morgan fingerprint density at radius 2 is 1.92 bits per heavy atom. The molecule has 0 saturated heterocycles. The van der Waals surface area contributed by atoms with Crippen molar-refractivity contribution in [3.05, 3.63) is 70.0 Å². The fourth-order valence-corrected chi connectivity index (χ4v) is 4.64. The van der Waals surface area contributed by atoms with Crippen LogP contribution in [0.4, 0.5) is 5.69 Å². The number of aromatic nitrogens is 1. The molecule has 0 radical (unpaired) electrons. The number of hydrogen-bond acceptors (Lipinski definition) is 5. The van der Waals surface area contributed by atoms with Crippen LogP contribution in [0.25, 0.3) is 20.7 Å². The van der Waals surface area contributed by atoms with E-state index in [-0.39, 0.29) is 5.78 Å². The van der Waals surface area contributed by atoms with Crippen molar-refractivity contribution >= 4 is 44.4 Å². The minimum Gasteiger partial charge on any atom is -0.397 e. The number of thiophene rings is 2. The van der Waals surface area contributed by atoms with Crippen molar-refractivity contribution < 1.29 is 4.79 Å². The van der Waals surface area contributed by atoms with E-state index in [9.17, 15) is 4.79 Å². The van der Waals surface area contributed by atoms with Gasteiger partial charge in [-0.3, -0.25) is 4.79 Å². The number of nitrogens with two attached hydrogens (primary N) is 1. The van der Waals surface area contributed by atoms with Crippen molar-refractivity contribution in [2.75, 3.05) is 5.73 Å². The van der Waals surface area contributed by atoms with Crippen molar-refractivity contribution in [1.82, 2.24) is 4.98 Å². The smallest absolute Gasteiger partial charge is 0.205 e. The van der Waals surface area contributed by atoms with Crippen LogP contribution in [0.5, 0.6) is 0 Å². The highest BCUT2D eigenvalue weighted by atomic mass is 32.1. The number of pyridine rings is 1. The molecule has 0 aliphatic carbocycles. The second-order valence-electron chi connectivity index (χ2n) is 5.51. The molecular formula is C19H14N2OS2. The number of ketones is 1. The van der Waals surface area contributed by atoms with Crippen molar-refractivity contribution in [3.63, 3.8) is 0 Å². The van der Waals surface area contributed by atoms with Gasteiger partial charge in [-0.25, -0.2) is 4.98 Å². The third-order valence-corrected chi connectivity index (χ3v) is 5.86. The zero-order chi connectivity index (χ0) is 16.7. The van der Waals surface area contributed by atoms with E-state index in [1.54, 1.807) is 11.3 Å². The number of anilines is 1. The summed E-state index contributed by atoms with van der Waals surface area (Å²) >= 11 is 3.03. The SMILES string of the molecule is Cc1cc(-c2cccs2)c2c(N)c(C(=O)c3ccccc3)sc2n1. The zero-order valence-electron chi connectivity index (χ0n) is 12.9. The molecule has 0 bridgehead atoms. The second kappa shape index (κ2) is 5.85. The van der Waals surface area contributed by atoms with Gasteiger partial charge in [0.25, 0.3) is 0 Å². The molecule has 3 aromatic heterocycles. The van der Waals surface area contributed by atoms with Crippen LogP contribution in [0.15, 0.2) is 53.9 Å². The number of carbonyl (C=O) groups is 1. The Kier molecular flexibility index (Phi) is 3.67. The molecule has 0 spiro atoms. The fraction of sp³-hybridized carbons (Fsp3) is 0.0526. The maximum atomic E-state index is 12.8. The van der Waals surface area contributed by atoms with Crippen molar-refractivity contribution in [1.29, 1.82) is 0 Å². The Bertz CT molecular complexity index is 1030. The van der Waals surface area contributed by atoms with Crippen molar-refractivity contribution in [2.24, 2.45) is 0 Å². The number of benzene rings is 1. The topological polar surface area (TPSA) is 56.0 Å². The predicted molar refractivity (Wildman–Crippen MR) is 102 cm³/mol. The molecule has 0 unspecified atom stereocenters. The lowest BCUT2D eigenvalue weighted by molar-refractivity contribution is 0.104. The van der Waals surface area contributed by atoms with Gasteiger partial charge in [0, 0.05) is 27.1 Å². The van der Waals surface area contributed by atoms with E-state index in [4.69, 9.17) is 5.73 Å². The molecule has 3 nitrogen and oxygen atoms in total. The molecule has 0 aliphatic rings. The molecule has 3 heterocycles.